The number of hydrogen-bond donors (Lipinski definition) is 1. The number of amides is 1. The number of nitrogens with two attached hydrogens (primary N) is 1. The van der Waals surface area contributed by atoms with Crippen LogP contribution in [0.25, 0.3) is 0 Å². The Morgan fingerprint density at radius 2 is 1.86 bits per heavy atom. The van der Waals surface area contributed by atoms with Crippen molar-refractivity contribution in [1.82, 2.24) is 4.90 Å². The van der Waals surface area contributed by atoms with Crippen LogP contribution in [0.15, 0.2) is 18.2 Å². The number of rotatable bonds is 1. The van der Waals surface area contributed by atoms with E-state index in [2.05, 4.69) is 32.0 Å². The summed E-state index contributed by atoms with van der Waals surface area (Å²) in [4.78, 5) is 13.9. The van der Waals surface area contributed by atoms with Gasteiger partial charge in [-0.15, -0.1) is 0 Å². The normalized spacial score (nSPS) is 22.5. The molecule has 0 aliphatic carbocycles. The minimum atomic E-state index is -0.468. The summed E-state index contributed by atoms with van der Waals surface area (Å²) in [5, 5.41) is 0. The van der Waals surface area contributed by atoms with Crippen molar-refractivity contribution in [3.63, 3.8) is 0 Å². The molecule has 0 bridgehead atoms. The minimum absolute atomic E-state index is 0.0546. The first kappa shape index (κ1) is 16.8. The lowest BCUT2D eigenvalue weighted by Gasteiger charge is -2.38. The molecule has 4 heteroatoms. The van der Waals surface area contributed by atoms with Gasteiger partial charge in [0.25, 0.3) is 0 Å². The van der Waals surface area contributed by atoms with Crippen molar-refractivity contribution in [3.05, 3.63) is 34.9 Å². The molecule has 122 valence electrons. The van der Waals surface area contributed by atoms with Crippen LogP contribution < -0.4 is 5.73 Å². The molecule has 1 aliphatic heterocycles. The van der Waals surface area contributed by atoms with Gasteiger partial charge in [0, 0.05) is 25.0 Å². The number of ether oxygens (including phenoxy) is 1. The standard InChI is InChI=1S/C18H28N2O2/c1-12-7-6-8-13(2)16(12)14-9-10-20(11-15(14)19)17(21)22-18(3,4)5/h6-8,14-15H,9-11,19H2,1-5H3/t14-,15-/m1/s1. The van der Waals surface area contributed by atoms with Crippen LogP contribution in [0.2, 0.25) is 0 Å². The fraction of sp³-hybridized carbons (Fsp3) is 0.611. The SMILES string of the molecule is Cc1cccc(C)c1[C@@H]1CCN(C(=O)OC(C)(C)C)C[C@H]1N. The molecule has 22 heavy (non-hydrogen) atoms. The smallest absolute Gasteiger partial charge is 0.410 e. The molecule has 1 saturated heterocycles. The van der Waals surface area contributed by atoms with Gasteiger partial charge in [-0.05, 0) is 57.7 Å². The summed E-state index contributed by atoms with van der Waals surface area (Å²) in [5.74, 6) is 0.305. The Balaban J connectivity index is 2.09. The first-order valence-corrected chi connectivity index (χ1v) is 7.98. The predicted molar refractivity (Wildman–Crippen MR) is 89.1 cm³/mol. The highest BCUT2D eigenvalue weighted by atomic mass is 16.6. The predicted octanol–water partition coefficient (Wildman–Crippen LogP) is 3.36. The van der Waals surface area contributed by atoms with Crippen LogP contribution in [-0.2, 0) is 4.74 Å². The second-order valence-corrected chi connectivity index (χ2v) is 7.29. The van der Waals surface area contributed by atoms with Gasteiger partial charge in [0.15, 0.2) is 0 Å². The molecular weight excluding hydrogens is 276 g/mol. The van der Waals surface area contributed by atoms with Crippen molar-refractivity contribution < 1.29 is 9.53 Å². The number of piperidine rings is 1. The maximum absolute atomic E-state index is 12.2. The van der Waals surface area contributed by atoms with E-state index in [-0.39, 0.29) is 12.1 Å². The van der Waals surface area contributed by atoms with Crippen LogP contribution in [0, 0.1) is 13.8 Å². The molecule has 1 aliphatic rings. The van der Waals surface area contributed by atoms with E-state index in [1.54, 1.807) is 4.90 Å². The highest BCUT2D eigenvalue weighted by Gasteiger charge is 2.33. The molecule has 2 N–H and O–H groups in total. The summed E-state index contributed by atoms with van der Waals surface area (Å²) in [7, 11) is 0. The molecule has 1 heterocycles. The van der Waals surface area contributed by atoms with E-state index < -0.39 is 5.60 Å². The second-order valence-electron chi connectivity index (χ2n) is 7.29. The average Bonchev–Trinajstić information content (AvgIpc) is 2.38. The summed E-state index contributed by atoms with van der Waals surface area (Å²) < 4.78 is 5.45. The number of aryl methyl sites for hydroxylation is 2. The van der Waals surface area contributed by atoms with E-state index in [9.17, 15) is 4.79 Å². The van der Waals surface area contributed by atoms with Gasteiger partial charge in [-0.2, -0.15) is 0 Å². The van der Waals surface area contributed by atoms with Gasteiger partial charge in [0.1, 0.15) is 5.60 Å². The fourth-order valence-electron chi connectivity index (χ4n) is 3.24. The molecular formula is C18H28N2O2. The monoisotopic (exact) mass is 304 g/mol. The van der Waals surface area contributed by atoms with Crippen molar-refractivity contribution in [3.8, 4) is 0 Å². The molecule has 1 fully saturated rings. The van der Waals surface area contributed by atoms with E-state index in [1.807, 2.05) is 20.8 Å². The van der Waals surface area contributed by atoms with Crippen LogP contribution in [0.4, 0.5) is 4.79 Å². The molecule has 0 saturated carbocycles. The van der Waals surface area contributed by atoms with Gasteiger partial charge in [-0.3, -0.25) is 0 Å². The molecule has 0 unspecified atom stereocenters. The molecule has 0 aromatic heterocycles. The van der Waals surface area contributed by atoms with E-state index in [0.717, 1.165) is 6.42 Å². The van der Waals surface area contributed by atoms with Gasteiger partial charge in [0.05, 0.1) is 0 Å². The van der Waals surface area contributed by atoms with Gasteiger partial charge in [-0.1, -0.05) is 18.2 Å². The number of carbonyl (C=O) groups is 1. The third-order valence-corrected chi connectivity index (χ3v) is 4.22. The molecule has 2 atom stereocenters. The van der Waals surface area contributed by atoms with Crippen LogP contribution in [0.1, 0.15) is 49.8 Å². The lowest BCUT2D eigenvalue weighted by molar-refractivity contribution is 0.0186. The maximum atomic E-state index is 12.2. The summed E-state index contributed by atoms with van der Waals surface area (Å²) in [6.07, 6.45) is 0.620. The Kier molecular flexibility index (Phi) is 4.81. The quantitative estimate of drug-likeness (QED) is 0.865. The average molecular weight is 304 g/mol. The van der Waals surface area contributed by atoms with Crippen molar-refractivity contribution >= 4 is 6.09 Å². The molecule has 4 nitrogen and oxygen atoms in total. The van der Waals surface area contributed by atoms with E-state index in [1.165, 1.54) is 16.7 Å². The van der Waals surface area contributed by atoms with Gasteiger partial charge in [-0.25, -0.2) is 4.79 Å². The Labute approximate surface area is 133 Å². The summed E-state index contributed by atoms with van der Waals surface area (Å²) >= 11 is 0. The van der Waals surface area contributed by atoms with Crippen LogP contribution >= 0.6 is 0 Å². The first-order chi connectivity index (χ1) is 10.2. The second kappa shape index (κ2) is 6.29. The minimum Gasteiger partial charge on any atom is -0.444 e. The highest BCUT2D eigenvalue weighted by molar-refractivity contribution is 5.68. The van der Waals surface area contributed by atoms with Gasteiger partial charge in [0.2, 0.25) is 0 Å². The lowest BCUT2D eigenvalue weighted by Crippen LogP contribution is -2.51. The third kappa shape index (κ3) is 3.80. The third-order valence-electron chi connectivity index (χ3n) is 4.22. The zero-order chi connectivity index (χ0) is 16.5. The lowest BCUT2D eigenvalue weighted by atomic mass is 9.81. The Hall–Kier alpha value is -1.55. The fourth-order valence-corrected chi connectivity index (χ4v) is 3.24. The van der Waals surface area contributed by atoms with Gasteiger partial charge < -0.3 is 15.4 Å². The van der Waals surface area contributed by atoms with Crippen molar-refractivity contribution in [2.75, 3.05) is 13.1 Å². The van der Waals surface area contributed by atoms with Crippen LogP contribution in [0.3, 0.4) is 0 Å². The number of likely N-dealkylation sites (tertiary alicyclic amines) is 1. The van der Waals surface area contributed by atoms with E-state index >= 15 is 0 Å². The summed E-state index contributed by atoms with van der Waals surface area (Å²) in [6.45, 7) is 11.2. The Bertz CT molecular complexity index is 528. The van der Waals surface area contributed by atoms with Crippen molar-refractivity contribution in [2.45, 2.75) is 58.6 Å². The first-order valence-electron chi connectivity index (χ1n) is 7.98. The number of hydrogen-bond acceptors (Lipinski definition) is 3. The molecule has 2 rings (SSSR count). The summed E-state index contributed by atoms with van der Waals surface area (Å²) in [6, 6.07) is 6.29. The molecule has 1 aromatic rings. The topological polar surface area (TPSA) is 55.6 Å². The largest absolute Gasteiger partial charge is 0.444 e. The maximum Gasteiger partial charge on any atom is 0.410 e. The zero-order valence-electron chi connectivity index (χ0n) is 14.3. The molecule has 1 aromatic carbocycles. The van der Waals surface area contributed by atoms with E-state index in [4.69, 9.17) is 10.5 Å². The molecule has 0 radical (unpaired) electrons. The number of benzene rings is 1. The van der Waals surface area contributed by atoms with Gasteiger partial charge >= 0.3 is 6.09 Å². The van der Waals surface area contributed by atoms with E-state index in [0.29, 0.717) is 19.0 Å². The number of carbonyl (C=O) groups excluding carboxylic acids is 1. The Morgan fingerprint density at radius 3 is 2.36 bits per heavy atom. The molecule has 0 spiro atoms. The molecule has 1 amide bonds. The number of nitrogens with zero attached hydrogens (tertiary/aromatic N) is 1. The van der Waals surface area contributed by atoms with Crippen molar-refractivity contribution in [2.24, 2.45) is 5.73 Å². The van der Waals surface area contributed by atoms with Crippen LogP contribution in [0.5, 0.6) is 0 Å². The highest BCUT2D eigenvalue weighted by Crippen LogP contribution is 2.32. The Morgan fingerprint density at radius 1 is 1.27 bits per heavy atom. The summed E-state index contributed by atoms with van der Waals surface area (Å²) in [5.41, 5.74) is 9.84. The zero-order valence-corrected chi connectivity index (χ0v) is 14.3. The van der Waals surface area contributed by atoms with Crippen LogP contribution in [-0.4, -0.2) is 35.7 Å². The van der Waals surface area contributed by atoms with Crippen molar-refractivity contribution in [1.29, 1.82) is 0 Å².